The highest BCUT2D eigenvalue weighted by Gasteiger charge is 2.21. The summed E-state index contributed by atoms with van der Waals surface area (Å²) in [5.41, 5.74) is 1.12. The molecule has 0 radical (unpaired) electrons. The van der Waals surface area contributed by atoms with E-state index in [0.717, 1.165) is 25.7 Å². The van der Waals surface area contributed by atoms with Crippen LogP contribution in [-0.2, 0) is 19.4 Å². The molecule has 1 amide bonds. The van der Waals surface area contributed by atoms with Gasteiger partial charge in [-0.05, 0) is 36.6 Å². The van der Waals surface area contributed by atoms with Gasteiger partial charge in [0, 0.05) is 11.1 Å². The van der Waals surface area contributed by atoms with Crippen molar-refractivity contribution in [1.82, 2.24) is 0 Å². The number of amides is 1. The maximum absolute atomic E-state index is 11.8. The third-order valence-electron chi connectivity index (χ3n) is 3.78. The van der Waals surface area contributed by atoms with Gasteiger partial charge in [0.15, 0.2) is 0 Å². The molecular weight excluding hydrogens is 290 g/mol. The summed E-state index contributed by atoms with van der Waals surface area (Å²) in [7, 11) is -3.35. The van der Waals surface area contributed by atoms with Crippen LogP contribution in [0.3, 0.4) is 0 Å². The molecule has 0 saturated heterocycles. The van der Waals surface area contributed by atoms with Crippen molar-refractivity contribution in [3.63, 3.8) is 0 Å². The number of hydrogen-bond acceptors (Lipinski definition) is 4. The Balaban J connectivity index is 1.62. The molecule has 1 fully saturated rings. The number of ether oxygens (including phenoxy) is 1. The number of fused-ring (bicyclic) bond motifs is 1. The van der Waals surface area contributed by atoms with Crippen molar-refractivity contribution < 1.29 is 17.9 Å². The van der Waals surface area contributed by atoms with Crippen molar-refractivity contribution in [3.8, 4) is 0 Å². The van der Waals surface area contributed by atoms with Crippen LogP contribution in [-0.4, -0.2) is 27.0 Å². The Morgan fingerprint density at radius 2 is 2.05 bits per heavy atom. The molecule has 1 aromatic carbocycles. The van der Waals surface area contributed by atoms with Gasteiger partial charge in [0.1, 0.15) is 6.61 Å². The average molecular weight is 307 g/mol. The van der Waals surface area contributed by atoms with Crippen LogP contribution in [0.1, 0.15) is 31.2 Å². The summed E-state index contributed by atoms with van der Waals surface area (Å²) in [5.74, 6) is -0.259. The molecule has 1 heterocycles. The molecule has 1 saturated carbocycles. The lowest BCUT2D eigenvalue weighted by Crippen LogP contribution is -2.22. The zero-order valence-corrected chi connectivity index (χ0v) is 12.4. The number of sulfone groups is 1. The van der Waals surface area contributed by atoms with E-state index in [4.69, 9.17) is 4.74 Å². The van der Waals surface area contributed by atoms with E-state index < -0.39 is 9.84 Å². The van der Waals surface area contributed by atoms with E-state index in [2.05, 4.69) is 5.32 Å². The van der Waals surface area contributed by atoms with Gasteiger partial charge in [0.25, 0.3) is 0 Å². The zero-order valence-electron chi connectivity index (χ0n) is 11.5. The zero-order chi connectivity index (χ0) is 14.9. The van der Waals surface area contributed by atoms with Crippen LogP contribution in [0.15, 0.2) is 28.5 Å². The number of nitrogens with one attached hydrogen (secondary N) is 1. The summed E-state index contributed by atoms with van der Waals surface area (Å²) in [6, 6.07) is 4.86. The minimum absolute atomic E-state index is 0.00670. The van der Waals surface area contributed by atoms with Crippen LogP contribution in [0.4, 0.5) is 5.69 Å². The second kappa shape index (κ2) is 5.61. The number of carbonyl (C=O) groups excluding carboxylic acids is 1. The second-order valence-corrected chi connectivity index (χ2v) is 7.17. The first-order valence-corrected chi connectivity index (χ1v) is 8.58. The molecule has 1 N–H and O–H groups in total. The monoisotopic (exact) mass is 307 g/mol. The molecule has 1 aliphatic carbocycles. The van der Waals surface area contributed by atoms with Crippen molar-refractivity contribution in [2.75, 3.05) is 11.9 Å². The molecule has 1 aromatic rings. The normalized spacial score (nSPS) is 19.6. The van der Waals surface area contributed by atoms with E-state index in [1.54, 1.807) is 18.2 Å². The molecule has 112 valence electrons. The molecule has 5 nitrogen and oxygen atoms in total. The van der Waals surface area contributed by atoms with E-state index in [1.165, 1.54) is 11.5 Å². The summed E-state index contributed by atoms with van der Waals surface area (Å²) >= 11 is 0. The maximum atomic E-state index is 11.8. The van der Waals surface area contributed by atoms with E-state index in [-0.39, 0.29) is 23.5 Å². The number of hydrogen-bond donors (Lipinski definition) is 1. The SMILES string of the molecule is O=C(COC1CCCC1)Nc1ccc2c(c1)S(=O)(=O)C=C2. The lowest BCUT2D eigenvalue weighted by molar-refractivity contribution is -0.122. The molecule has 3 rings (SSSR count). The summed E-state index contributed by atoms with van der Waals surface area (Å²) in [6.07, 6.45) is 6.07. The predicted octanol–water partition coefficient (Wildman–Crippen LogP) is 2.34. The van der Waals surface area contributed by atoms with Gasteiger partial charge in [-0.15, -0.1) is 0 Å². The average Bonchev–Trinajstić information content (AvgIpc) is 3.06. The molecule has 0 unspecified atom stereocenters. The Hall–Kier alpha value is -1.66. The molecule has 0 aromatic heterocycles. The highest BCUT2D eigenvalue weighted by molar-refractivity contribution is 7.94. The van der Waals surface area contributed by atoms with Crippen LogP contribution in [0.5, 0.6) is 0 Å². The lowest BCUT2D eigenvalue weighted by atomic mass is 10.2. The largest absolute Gasteiger partial charge is 0.368 e. The van der Waals surface area contributed by atoms with Gasteiger partial charge in [0.2, 0.25) is 15.7 Å². The standard InChI is InChI=1S/C15H17NO4S/c17-15(10-20-13-3-1-2-4-13)16-12-6-5-11-7-8-21(18,19)14(11)9-12/h5-9,13H,1-4,10H2,(H,16,17). The predicted molar refractivity (Wildman–Crippen MR) is 79.5 cm³/mol. The summed E-state index contributed by atoms with van der Waals surface area (Å²) < 4.78 is 29.1. The first kappa shape index (κ1) is 14.3. The van der Waals surface area contributed by atoms with Gasteiger partial charge < -0.3 is 10.1 Å². The van der Waals surface area contributed by atoms with Crippen molar-refractivity contribution in [2.45, 2.75) is 36.7 Å². The van der Waals surface area contributed by atoms with Gasteiger partial charge >= 0.3 is 0 Å². The molecule has 2 aliphatic rings. The van der Waals surface area contributed by atoms with Crippen LogP contribution >= 0.6 is 0 Å². The highest BCUT2D eigenvalue weighted by Crippen LogP contribution is 2.29. The summed E-state index contributed by atoms with van der Waals surface area (Å²) in [4.78, 5) is 12.1. The van der Waals surface area contributed by atoms with Crippen LogP contribution in [0.25, 0.3) is 6.08 Å². The molecule has 0 spiro atoms. The minimum Gasteiger partial charge on any atom is -0.368 e. The first-order valence-electron chi connectivity index (χ1n) is 7.03. The Morgan fingerprint density at radius 1 is 1.29 bits per heavy atom. The van der Waals surface area contributed by atoms with E-state index >= 15 is 0 Å². The molecule has 1 aliphatic heterocycles. The second-order valence-electron chi connectivity index (χ2n) is 5.37. The Bertz CT molecular complexity index is 688. The van der Waals surface area contributed by atoms with E-state index in [0.29, 0.717) is 11.3 Å². The third kappa shape index (κ3) is 3.16. The van der Waals surface area contributed by atoms with Crippen LogP contribution in [0.2, 0.25) is 0 Å². The first-order chi connectivity index (χ1) is 10.0. The van der Waals surface area contributed by atoms with E-state index in [1.807, 2.05) is 0 Å². The van der Waals surface area contributed by atoms with Crippen molar-refractivity contribution in [1.29, 1.82) is 0 Å². The van der Waals surface area contributed by atoms with Gasteiger partial charge in [-0.3, -0.25) is 4.79 Å². The van der Waals surface area contributed by atoms with Crippen molar-refractivity contribution in [2.24, 2.45) is 0 Å². The Morgan fingerprint density at radius 3 is 2.81 bits per heavy atom. The third-order valence-corrected chi connectivity index (χ3v) is 5.24. The molecule has 21 heavy (non-hydrogen) atoms. The Kier molecular flexibility index (Phi) is 3.82. The van der Waals surface area contributed by atoms with Gasteiger partial charge in [-0.2, -0.15) is 0 Å². The minimum atomic E-state index is -3.35. The van der Waals surface area contributed by atoms with Crippen molar-refractivity contribution in [3.05, 3.63) is 29.2 Å². The lowest BCUT2D eigenvalue weighted by Gasteiger charge is -2.11. The number of anilines is 1. The van der Waals surface area contributed by atoms with Crippen LogP contribution < -0.4 is 5.32 Å². The Labute approximate surface area is 123 Å². The molecule has 0 atom stereocenters. The van der Waals surface area contributed by atoms with Crippen LogP contribution in [0, 0.1) is 0 Å². The fourth-order valence-electron chi connectivity index (χ4n) is 2.68. The van der Waals surface area contributed by atoms with Gasteiger partial charge in [-0.25, -0.2) is 8.42 Å². The van der Waals surface area contributed by atoms with Gasteiger partial charge in [-0.1, -0.05) is 18.9 Å². The topological polar surface area (TPSA) is 72.5 Å². The fourth-order valence-corrected chi connectivity index (χ4v) is 3.91. The number of rotatable bonds is 4. The quantitative estimate of drug-likeness (QED) is 0.926. The smallest absolute Gasteiger partial charge is 0.250 e. The summed E-state index contributed by atoms with van der Waals surface area (Å²) in [6.45, 7) is 0.00670. The highest BCUT2D eigenvalue weighted by atomic mass is 32.2. The fraction of sp³-hybridized carbons (Fsp3) is 0.400. The molecule has 6 heteroatoms. The number of benzene rings is 1. The van der Waals surface area contributed by atoms with E-state index in [9.17, 15) is 13.2 Å². The maximum Gasteiger partial charge on any atom is 0.250 e. The van der Waals surface area contributed by atoms with Gasteiger partial charge in [0.05, 0.1) is 11.0 Å². The number of carbonyl (C=O) groups is 1. The molecular formula is C15H17NO4S. The summed E-state index contributed by atoms with van der Waals surface area (Å²) in [5, 5.41) is 3.85. The van der Waals surface area contributed by atoms with Crippen molar-refractivity contribution >= 4 is 27.5 Å². The molecule has 0 bridgehead atoms.